The molecule has 11 atom stereocenters. The predicted molar refractivity (Wildman–Crippen MR) is 159 cm³/mol. The first kappa shape index (κ1) is 29.0. The van der Waals surface area contributed by atoms with Crippen LogP contribution in [0.2, 0.25) is 0 Å². The largest absolute Gasteiger partial charge is 0.481 e. The molecule has 0 aromatic rings. The van der Waals surface area contributed by atoms with E-state index in [-0.39, 0.29) is 5.41 Å². The zero-order chi connectivity index (χ0) is 27.9. The molecule has 0 radical (unpaired) electrons. The first-order valence-electron chi connectivity index (χ1n) is 17.0. The number of aliphatic carboxylic acids is 1. The average Bonchev–Trinajstić information content (AvgIpc) is 3.25. The Balaban J connectivity index is 1.50. The zero-order valence-electron chi connectivity index (χ0n) is 26.7. The van der Waals surface area contributed by atoms with Crippen molar-refractivity contribution in [3.05, 3.63) is 0 Å². The Labute approximate surface area is 235 Å². The summed E-state index contributed by atoms with van der Waals surface area (Å²) in [5.41, 5.74) is 1.02. The van der Waals surface area contributed by atoms with Gasteiger partial charge in [0.1, 0.15) is 0 Å². The fourth-order valence-corrected chi connectivity index (χ4v) is 13.7. The Bertz CT molecular complexity index is 905. The van der Waals surface area contributed by atoms with E-state index in [0.717, 1.165) is 49.4 Å². The third-order valence-corrected chi connectivity index (χ3v) is 15.6. The van der Waals surface area contributed by atoms with Gasteiger partial charge >= 0.3 is 5.97 Å². The van der Waals surface area contributed by atoms with E-state index in [1.54, 1.807) is 0 Å². The van der Waals surface area contributed by atoms with Crippen LogP contribution >= 0.6 is 0 Å². The van der Waals surface area contributed by atoms with Gasteiger partial charge in [-0.05, 0) is 133 Å². The van der Waals surface area contributed by atoms with Crippen LogP contribution in [0.15, 0.2) is 0 Å². The molecule has 2 unspecified atom stereocenters. The molecular weight excluding hydrogens is 464 g/mol. The first-order chi connectivity index (χ1) is 17.7. The van der Waals surface area contributed by atoms with Gasteiger partial charge in [0.25, 0.3) is 0 Å². The number of hydrogen-bond acceptors (Lipinski definition) is 1. The number of carbonyl (C=O) groups is 1. The van der Waals surface area contributed by atoms with Crippen molar-refractivity contribution < 1.29 is 9.90 Å². The second-order valence-corrected chi connectivity index (χ2v) is 17.0. The highest BCUT2D eigenvalue weighted by Gasteiger charge is 2.72. The van der Waals surface area contributed by atoms with E-state index in [1.165, 1.54) is 57.8 Å². The van der Waals surface area contributed by atoms with Gasteiger partial charge in [0.05, 0.1) is 5.41 Å². The van der Waals surface area contributed by atoms with Crippen molar-refractivity contribution in [1.29, 1.82) is 0 Å². The number of carboxylic acid groups (broad SMARTS) is 1. The van der Waals surface area contributed by atoms with E-state index in [4.69, 9.17) is 0 Å². The van der Waals surface area contributed by atoms with Crippen molar-refractivity contribution in [2.75, 3.05) is 0 Å². The van der Waals surface area contributed by atoms with E-state index in [9.17, 15) is 9.90 Å². The smallest absolute Gasteiger partial charge is 0.309 e. The Hall–Kier alpha value is -0.530. The molecule has 0 amide bonds. The van der Waals surface area contributed by atoms with Gasteiger partial charge in [-0.15, -0.1) is 0 Å². The van der Waals surface area contributed by atoms with Crippen molar-refractivity contribution in [2.24, 2.45) is 74.4 Å². The fourth-order valence-electron chi connectivity index (χ4n) is 13.7. The second-order valence-electron chi connectivity index (χ2n) is 17.0. The highest BCUT2D eigenvalue weighted by atomic mass is 16.4. The summed E-state index contributed by atoms with van der Waals surface area (Å²) < 4.78 is 0. The molecule has 0 saturated heterocycles. The number of hydrogen-bond donors (Lipinski definition) is 1. The molecule has 0 aromatic carbocycles. The molecule has 2 heteroatoms. The minimum Gasteiger partial charge on any atom is -0.481 e. The number of rotatable bonds is 6. The van der Waals surface area contributed by atoms with E-state index in [2.05, 4.69) is 62.3 Å². The minimum absolute atomic E-state index is 0.278. The summed E-state index contributed by atoms with van der Waals surface area (Å²) in [6, 6.07) is 0. The lowest BCUT2D eigenvalue weighted by molar-refractivity contribution is -0.247. The summed E-state index contributed by atoms with van der Waals surface area (Å²) in [7, 11) is 0. The van der Waals surface area contributed by atoms with Crippen molar-refractivity contribution in [1.82, 2.24) is 0 Å². The third-order valence-electron chi connectivity index (χ3n) is 15.6. The third kappa shape index (κ3) is 3.65. The molecule has 0 aliphatic heterocycles. The van der Waals surface area contributed by atoms with Gasteiger partial charge in [-0.3, -0.25) is 4.79 Å². The van der Waals surface area contributed by atoms with Crippen LogP contribution in [0, 0.1) is 74.4 Å². The van der Waals surface area contributed by atoms with Crippen LogP contribution in [0.3, 0.4) is 0 Å². The molecule has 38 heavy (non-hydrogen) atoms. The highest BCUT2D eigenvalue weighted by molar-refractivity contribution is 5.76. The van der Waals surface area contributed by atoms with Crippen molar-refractivity contribution in [3.8, 4) is 0 Å². The lowest BCUT2D eigenvalue weighted by Gasteiger charge is -2.73. The monoisotopic (exact) mass is 526 g/mol. The van der Waals surface area contributed by atoms with Crippen LogP contribution in [0.25, 0.3) is 0 Å². The molecule has 218 valence electrons. The topological polar surface area (TPSA) is 37.3 Å². The van der Waals surface area contributed by atoms with E-state index < -0.39 is 11.4 Å². The van der Waals surface area contributed by atoms with E-state index in [1.807, 2.05) is 0 Å². The Morgan fingerprint density at radius 2 is 1.53 bits per heavy atom. The SMILES string of the molecule is CCCC(CC)C1CC[C@]2(C)[C@H]3CC[C@@H]4[C@H]5[C@H](C(C)C)CC[C@]5(C(=O)O)CC[C@@]4(C)[C@]3(C)CC[C@H]2C1(C)C. The molecule has 0 bridgehead atoms. The van der Waals surface area contributed by atoms with Crippen molar-refractivity contribution in [3.63, 3.8) is 0 Å². The second kappa shape index (κ2) is 9.51. The maximum absolute atomic E-state index is 12.9. The average molecular weight is 527 g/mol. The van der Waals surface area contributed by atoms with Crippen LogP contribution < -0.4 is 0 Å². The van der Waals surface area contributed by atoms with E-state index in [0.29, 0.717) is 39.9 Å². The summed E-state index contributed by atoms with van der Waals surface area (Å²) in [4.78, 5) is 12.9. The van der Waals surface area contributed by atoms with Gasteiger partial charge in [0.15, 0.2) is 0 Å². The molecule has 0 aromatic heterocycles. The zero-order valence-corrected chi connectivity index (χ0v) is 26.7. The lowest BCUT2D eigenvalue weighted by atomic mass is 9.31. The Morgan fingerprint density at radius 1 is 0.816 bits per heavy atom. The molecular formula is C36H62O2. The predicted octanol–water partition coefficient (Wildman–Crippen LogP) is 10.3. The van der Waals surface area contributed by atoms with Crippen LogP contribution in [0.1, 0.15) is 146 Å². The molecule has 5 rings (SSSR count). The maximum Gasteiger partial charge on any atom is 0.309 e. The van der Waals surface area contributed by atoms with Crippen molar-refractivity contribution >= 4 is 5.97 Å². The quantitative estimate of drug-likeness (QED) is 0.374. The maximum atomic E-state index is 12.9. The van der Waals surface area contributed by atoms with Crippen LogP contribution in [0.5, 0.6) is 0 Å². The Morgan fingerprint density at radius 3 is 2.13 bits per heavy atom. The first-order valence-corrected chi connectivity index (χ1v) is 17.0. The molecule has 5 saturated carbocycles. The van der Waals surface area contributed by atoms with Crippen LogP contribution in [-0.4, -0.2) is 11.1 Å². The summed E-state index contributed by atoms with van der Waals surface area (Å²) in [6.45, 7) is 23.0. The molecule has 2 nitrogen and oxygen atoms in total. The molecule has 0 spiro atoms. The summed E-state index contributed by atoms with van der Waals surface area (Å²) in [5.74, 6) is 5.06. The molecule has 1 N–H and O–H groups in total. The lowest BCUT2D eigenvalue weighted by Crippen LogP contribution is -2.67. The summed E-state index contributed by atoms with van der Waals surface area (Å²) >= 11 is 0. The van der Waals surface area contributed by atoms with Crippen LogP contribution in [-0.2, 0) is 4.79 Å². The standard InChI is InChI=1S/C36H62O2/c1-10-12-24(11-2)26-16-18-33(7)28(32(26,5)6)17-19-35(9)29(33)14-13-27-30-25(23(3)4)15-20-36(30,31(37)38)22-21-34(27,35)8/h23-30H,10-22H2,1-9H3,(H,37,38)/t24?,25-,26?,27+,28-,29+,30+,33-,34+,35+,36-/m0/s1. The number of carboxylic acids is 1. The van der Waals surface area contributed by atoms with E-state index >= 15 is 0 Å². The minimum atomic E-state index is -0.465. The van der Waals surface area contributed by atoms with Gasteiger partial charge in [0.2, 0.25) is 0 Å². The van der Waals surface area contributed by atoms with Gasteiger partial charge in [-0.1, -0.05) is 81.6 Å². The summed E-state index contributed by atoms with van der Waals surface area (Å²) in [5, 5.41) is 10.7. The molecule has 0 heterocycles. The van der Waals surface area contributed by atoms with Gasteiger partial charge in [0, 0.05) is 0 Å². The normalized spacial score (nSPS) is 50.5. The van der Waals surface area contributed by atoms with Gasteiger partial charge in [-0.25, -0.2) is 0 Å². The van der Waals surface area contributed by atoms with Gasteiger partial charge in [-0.2, -0.15) is 0 Å². The fraction of sp³-hybridized carbons (Fsp3) is 0.972. The molecule has 5 fully saturated rings. The van der Waals surface area contributed by atoms with Crippen molar-refractivity contribution in [2.45, 2.75) is 146 Å². The molecule has 5 aliphatic rings. The van der Waals surface area contributed by atoms with Crippen LogP contribution in [0.4, 0.5) is 0 Å². The summed E-state index contributed by atoms with van der Waals surface area (Å²) in [6.07, 6.45) is 16.4. The number of fused-ring (bicyclic) bond motifs is 7. The van der Waals surface area contributed by atoms with Gasteiger partial charge < -0.3 is 5.11 Å². The Kier molecular flexibility index (Phi) is 7.25. The highest BCUT2D eigenvalue weighted by Crippen LogP contribution is 2.78. The molecule has 5 aliphatic carbocycles.